The van der Waals surface area contributed by atoms with Crippen LogP contribution >= 0.6 is 23.2 Å². The topological polar surface area (TPSA) is 97.0 Å². The van der Waals surface area contributed by atoms with Gasteiger partial charge in [-0.3, -0.25) is 5.10 Å². The molecule has 1 fully saturated rings. The van der Waals surface area contributed by atoms with E-state index in [1.807, 2.05) is 24.3 Å². The number of piperidine rings is 1. The normalized spacial score (nSPS) is 15.2. The number of aromatic amines is 1. The van der Waals surface area contributed by atoms with E-state index in [0.717, 1.165) is 48.1 Å². The summed E-state index contributed by atoms with van der Waals surface area (Å²) in [5, 5.41) is 15.8. The van der Waals surface area contributed by atoms with Gasteiger partial charge in [0, 0.05) is 23.1 Å². The predicted octanol–water partition coefficient (Wildman–Crippen LogP) is 5.85. The number of H-pyrrole nitrogens is 1. The molecule has 4 aromatic rings. The maximum absolute atomic E-state index is 6.34. The molecule has 1 atom stereocenters. The fourth-order valence-electron chi connectivity index (χ4n) is 4.34. The summed E-state index contributed by atoms with van der Waals surface area (Å²) in [5.74, 6) is 3.03. The van der Waals surface area contributed by atoms with Crippen molar-refractivity contribution in [2.45, 2.75) is 25.9 Å². The van der Waals surface area contributed by atoms with E-state index in [9.17, 15) is 0 Å². The summed E-state index contributed by atoms with van der Waals surface area (Å²) < 4.78 is 12.0. The average molecular weight is 513 g/mol. The first-order chi connectivity index (χ1) is 17.0. The molecular weight excluding hydrogens is 487 g/mol. The first-order valence-electron chi connectivity index (χ1n) is 11.5. The van der Waals surface area contributed by atoms with Crippen LogP contribution in [0.5, 0.6) is 11.5 Å². The monoisotopic (exact) mass is 512 g/mol. The summed E-state index contributed by atoms with van der Waals surface area (Å²) >= 11 is 12.2. The fourth-order valence-corrected chi connectivity index (χ4v) is 4.64. The highest BCUT2D eigenvalue weighted by atomic mass is 35.5. The maximum atomic E-state index is 6.34. The molecule has 0 bridgehead atoms. The van der Waals surface area contributed by atoms with Gasteiger partial charge in [0.1, 0.15) is 12.1 Å². The van der Waals surface area contributed by atoms with Crippen LogP contribution in [0.15, 0.2) is 42.7 Å². The van der Waals surface area contributed by atoms with Crippen LogP contribution in [-0.2, 0) is 0 Å². The summed E-state index contributed by atoms with van der Waals surface area (Å²) in [4.78, 5) is 8.89. The molecule has 1 saturated heterocycles. The van der Waals surface area contributed by atoms with Crippen LogP contribution in [-0.4, -0.2) is 46.5 Å². The number of anilines is 2. The third-order valence-electron chi connectivity index (χ3n) is 6.34. The number of hydrogen-bond acceptors (Lipinski definition) is 7. The number of aromatic nitrogens is 4. The van der Waals surface area contributed by atoms with Gasteiger partial charge in [-0.2, -0.15) is 5.10 Å². The van der Waals surface area contributed by atoms with Crippen LogP contribution in [0.4, 0.5) is 11.6 Å². The fraction of sp³-hybridized carbons (Fsp3) is 0.320. The number of hydrogen-bond donors (Lipinski definition) is 3. The largest absolute Gasteiger partial charge is 0.493 e. The molecule has 1 aliphatic rings. The van der Waals surface area contributed by atoms with Gasteiger partial charge < -0.3 is 20.1 Å². The number of nitrogens with zero attached hydrogens (tertiary/aromatic N) is 3. The highest BCUT2D eigenvalue weighted by molar-refractivity contribution is 6.42. The molecule has 1 unspecified atom stereocenters. The van der Waals surface area contributed by atoms with Gasteiger partial charge in [-0.15, -0.1) is 0 Å². The molecule has 35 heavy (non-hydrogen) atoms. The van der Waals surface area contributed by atoms with Crippen LogP contribution in [0.1, 0.15) is 19.8 Å². The average Bonchev–Trinajstić information content (AvgIpc) is 3.34. The first-order valence-corrected chi connectivity index (χ1v) is 12.3. The molecule has 3 N–H and O–H groups in total. The van der Waals surface area contributed by atoms with Crippen molar-refractivity contribution in [1.29, 1.82) is 0 Å². The summed E-state index contributed by atoms with van der Waals surface area (Å²) in [6.07, 6.45) is 3.79. The quantitative estimate of drug-likeness (QED) is 0.285. The maximum Gasteiger partial charge on any atom is 0.163 e. The number of methoxy groups -OCH3 is 1. The smallest absolute Gasteiger partial charge is 0.163 e. The summed E-state index contributed by atoms with van der Waals surface area (Å²) in [6, 6.07) is 11.1. The van der Waals surface area contributed by atoms with Crippen molar-refractivity contribution in [3.63, 3.8) is 0 Å². The molecule has 0 amide bonds. The van der Waals surface area contributed by atoms with E-state index in [0.29, 0.717) is 39.1 Å². The Bertz CT molecular complexity index is 1340. The lowest BCUT2D eigenvalue weighted by atomic mass is 9.93. The molecule has 10 heteroatoms. The molecular formula is C25H26Cl2N6O2. The van der Waals surface area contributed by atoms with Gasteiger partial charge in [-0.25, -0.2) is 9.97 Å². The number of fused-ring (bicyclic) bond motifs is 1. The van der Waals surface area contributed by atoms with E-state index >= 15 is 0 Å². The summed E-state index contributed by atoms with van der Waals surface area (Å²) in [7, 11) is 1.64. The zero-order valence-electron chi connectivity index (χ0n) is 19.4. The Kier molecular flexibility index (Phi) is 6.95. The third-order valence-corrected chi connectivity index (χ3v) is 7.08. The van der Waals surface area contributed by atoms with Crippen molar-refractivity contribution in [3.8, 4) is 22.8 Å². The second-order valence-electron chi connectivity index (χ2n) is 8.57. The Morgan fingerprint density at radius 1 is 1.03 bits per heavy atom. The van der Waals surface area contributed by atoms with Gasteiger partial charge in [0.2, 0.25) is 0 Å². The van der Waals surface area contributed by atoms with Gasteiger partial charge in [0.05, 0.1) is 34.5 Å². The molecule has 0 radical (unpaired) electrons. The summed E-state index contributed by atoms with van der Waals surface area (Å²) in [6.45, 7) is 4.17. The zero-order valence-corrected chi connectivity index (χ0v) is 21.0. The lowest BCUT2D eigenvalue weighted by Crippen LogP contribution is -2.35. The Morgan fingerprint density at radius 2 is 1.86 bits per heavy atom. The molecule has 2 aromatic heterocycles. The SMILES string of the molecule is COc1cc2c(Nc3cc(-c4ccc(Cl)c(Cl)c4)[nH]n3)ncnc2cc1OC(C)C1CCNCC1. The zero-order chi connectivity index (χ0) is 24.4. The van der Waals surface area contributed by atoms with Crippen molar-refractivity contribution in [1.82, 2.24) is 25.5 Å². The van der Waals surface area contributed by atoms with Crippen LogP contribution in [0.2, 0.25) is 10.0 Å². The Morgan fingerprint density at radius 3 is 2.63 bits per heavy atom. The van der Waals surface area contributed by atoms with Crippen molar-refractivity contribution in [3.05, 3.63) is 52.8 Å². The third kappa shape index (κ3) is 5.15. The summed E-state index contributed by atoms with van der Waals surface area (Å²) in [5.41, 5.74) is 2.42. The lowest BCUT2D eigenvalue weighted by Gasteiger charge is -2.29. The van der Waals surface area contributed by atoms with Gasteiger partial charge in [0.25, 0.3) is 0 Å². The molecule has 8 nitrogen and oxygen atoms in total. The van der Waals surface area contributed by atoms with Crippen molar-refractivity contribution >= 4 is 45.7 Å². The van der Waals surface area contributed by atoms with E-state index in [1.165, 1.54) is 6.33 Å². The Labute approximate surface area is 213 Å². The minimum atomic E-state index is 0.0757. The van der Waals surface area contributed by atoms with Crippen LogP contribution in [0.3, 0.4) is 0 Å². The van der Waals surface area contributed by atoms with Gasteiger partial charge >= 0.3 is 0 Å². The second kappa shape index (κ2) is 10.3. The number of rotatable bonds is 7. The Hall–Kier alpha value is -3.07. The second-order valence-corrected chi connectivity index (χ2v) is 9.39. The number of benzene rings is 2. The molecule has 0 spiro atoms. The van der Waals surface area contributed by atoms with E-state index in [-0.39, 0.29) is 6.10 Å². The van der Waals surface area contributed by atoms with Crippen LogP contribution in [0, 0.1) is 5.92 Å². The minimum absolute atomic E-state index is 0.0757. The number of halogens is 2. The number of ether oxygens (including phenoxy) is 2. The first kappa shape index (κ1) is 23.7. The molecule has 3 heterocycles. The van der Waals surface area contributed by atoms with E-state index in [1.54, 1.807) is 19.2 Å². The molecule has 0 aliphatic carbocycles. The van der Waals surface area contributed by atoms with E-state index < -0.39 is 0 Å². The highest BCUT2D eigenvalue weighted by Crippen LogP contribution is 2.36. The predicted molar refractivity (Wildman–Crippen MR) is 139 cm³/mol. The number of nitrogens with one attached hydrogen (secondary N) is 3. The van der Waals surface area contributed by atoms with Crippen LogP contribution < -0.4 is 20.1 Å². The highest BCUT2D eigenvalue weighted by Gasteiger charge is 2.23. The molecule has 5 rings (SSSR count). The van der Waals surface area contributed by atoms with E-state index in [2.05, 4.69) is 37.7 Å². The van der Waals surface area contributed by atoms with Crippen LogP contribution in [0.25, 0.3) is 22.2 Å². The van der Waals surface area contributed by atoms with Gasteiger partial charge in [-0.1, -0.05) is 29.3 Å². The van der Waals surface area contributed by atoms with Crippen molar-refractivity contribution in [2.75, 3.05) is 25.5 Å². The minimum Gasteiger partial charge on any atom is -0.493 e. The standard InChI is InChI=1S/C25H26Cl2N6O2/c1-14(15-5-7-28-8-6-15)35-23-11-21-17(10-22(23)34-2)25(30-13-29-21)31-24-12-20(32-33-24)16-3-4-18(26)19(27)9-16/h3-4,9-15,28H,5-8H2,1-2H3,(H2,29,30,31,32,33). The Balaban J connectivity index is 1.40. The van der Waals surface area contributed by atoms with Crippen molar-refractivity contribution < 1.29 is 9.47 Å². The van der Waals surface area contributed by atoms with Crippen molar-refractivity contribution in [2.24, 2.45) is 5.92 Å². The van der Waals surface area contributed by atoms with Gasteiger partial charge in [0.15, 0.2) is 17.3 Å². The van der Waals surface area contributed by atoms with E-state index in [4.69, 9.17) is 32.7 Å². The molecule has 182 valence electrons. The lowest BCUT2D eigenvalue weighted by molar-refractivity contribution is 0.124. The van der Waals surface area contributed by atoms with Gasteiger partial charge in [-0.05, 0) is 57.0 Å². The molecule has 0 saturated carbocycles. The molecule has 2 aromatic carbocycles. The molecule has 1 aliphatic heterocycles.